The van der Waals surface area contributed by atoms with Crippen molar-refractivity contribution >= 4 is 87.1 Å². The van der Waals surface area contributed by atoms with Crippen LogP contribution in [0.3, 0.4) is 0 Å². The highest BCUT2D eigenvalue weighted by Gasteiger charge is 2.67. The van der Waals surface area contributed by atoms with Crippen molar-refractivity contribution in [3.8, 4) is 6.07 Å². The molecule has 2 aromatic rings. The van der Waals surface area contributed by atoms with Crippen LogP contribution in [0.2, 0.25) is 20.1 Å². The fraction of sp³-hybridized carbons (Fsp3) is 0.318. The summed E-state index contributed by atoms with van der Waals surface area (Å²) in [6, 6.07) is 9.78. The van der Waals surface area contributed by atoms with Gasteiger partial charge >= 0.3 is 0 Å². The van der Waals surface area contributed by atoms with Crippen LogP contribution < -0.4 is 10.6 Å². The second kappa shape index (κ2) is 9.00. The summed E-state index contributed by atoms with van der Waals surface area (Å²) in [4.78, 5) is 25.7. The maximum absolute atomic E-state index is 13.0. The number of alkyl halides is 2. The van der Waals surface area contributed by atoms with Crippen molar-refractivity contribution in [2.45, 2.75) is 35.1 Å². The summed E-state index contributed by atoms with van der Waals surface area (Å²) in [6.45, 7) is 0. The van der Waals surface area contributed by atoms with E-state index in [-0.39, 0.29) is 25.7 Å². The monoisotopic (exact) mass is 563 g/mol. The SMILES string of the molecule is N#CC1(NC(=O)c2cc(NC(=O)[C@H]3[C@H](c4cc(Cl)c(Cl)c(Cl)c4)C3(Cl)Cl)ccc2Cl)CCC1. The van der Waals surface area contributed by atoms with Gasteiger partial charge in [-0.05, 0) is 55.2 Å². The number of anilines is 1. The summed E-state index contributed by atoms with van der Waals surface area (Å²) in [7, 11) is 0. The van der Waals surface area contributed by atoms with E-state index in [2.05, 4.69) is 16.7 Å². The molecule has 2 fully saturated rings. The Morgan fingerprint density at radius 1 is 1.00 bits per heavy atom. The fourth-order valence-electron chi connectivity index (χ4n) is 3.90. The summed E-state index contributed by atoms with van der Waals surface area (Å²) in [5, 5.41) is 15.7. The Bertz CT molecular complexity index is 1180. The average Bonchev–Trinajstić information content (AvgIpc) is 3.31. The van der Waals surface area contributed by atoms with Gasteiger partial charge in [0.05, 0.1) is 37.6 Å². The lowest BCUT2D eigenvalue weighted by Gasteiger charge is -2.35. The molecule has 0 spiro atoms. The van der Waals surface area contributed by atoms with Gasteiger partial charge in [-0.3, -0.25) is 9.59 Å². The highest BCUT2D eigenvalue weighted by Crippen LogP contribution is 2.65. The Hall–Kier alpha value is -1.39. The number of carbonyl (C=O) groups is 2. The lowest BCUT2D eigenvalue weighted by Crippen LogP contribution is -2.52. The van der Waals surface area contributed by atoms with Crippen molar-refractivity contribution in [2.24, 2.45) is 5.92 Å². The topological polar surface area (TPSA) is 82.0 Å². The van der Waals surface area contributed by atoms with Crippen molar-refractivity contribution in [3.63, 3.8) is 0 Å². The summed E-state index contributed by atoms with van der Waals surface area (Å²) in [5.41, 5.74) is 0.176. The van der Waals surface area contributed by atoms with Crippen molar-refractivity contribution in [1.29, 1.82) is 5.26 Å². The molecule has 2 aromatic carbocycles. The maximum Gasteiger partial charge on any atom is 0.254 e. The number of nitrogens with zero attached hydrogens (tertiary/aromatic N) is 1. The Morgan fingerprint density at radius 2 is 1.64 bits per heavy atom. The number of rotatable bonds is 5. The fourth-order valence-corrected chi connectivity index (χ4v) is 5.54. The molecule has 0 heterocycles. The van der Waals surface area contributed by atoms with Gasteiger partial charge in [-0.1, -0.05) is 46.4 Å². The molecule has 2 aliphatic carbocycles. The van der Waals surface area contributed by atoms with E-state index >= 15 is 0 Å². The van der Waals surface area contributed by atoms with E-state index in [0.717, 1.165) is 6.42 Å². The van der Waals surface area contributed by atoms with E-state index in [1.54, 1.807) is 18.2 Å². The largest absolute Gasteiger partial charge is 0.334 e. The number of halogens is 6. The molecule has 11 heteroatoms. The van der Waals surface area contributed by atoms with E-state index in [1.165, 1.54) is 12.1 Å². The highest BCUT2D eigenvalue weighted by atomic mass is 35.5. The quantitative estimate of drug-likeness (QED) is 0.302. The number of benzene rings is 2. The van der Waals surface area contributed by atoms with E-state index in [0.29, 0.717) is 24.1 Å². The summed E-state index contributed by atoms with van der Waals surface area (Å²) in [6.07, 6.45) is 2.03. The van der Waals surface area contributed by atoms with Crippen LogP contribution in [0, 0.1) is 17.2 Å². The van der Waals surface area contributed by atoms with Gasteiger partial charge < -0.3 is 10.6 Å². The molecule has 2 N–H and O–H groups in total. The van der Waals surface area contributed by atoms with Crippen LogP contribution >= 0.6 is 69.6 Å². The second-order valence-corrected chi connectivity index (χ2v) is 11.2. The van der Waals surface area contributed by atoms with E-state index in [9.17, 15) is 14.9 Å². The number of amides is 2. The van der Waals surface area contributed by atoms with E-state index < -0.39 is 33.5 Å². The van der Waals surface area contributed by atoms with Gasteiger partial charge in [0.25, 0.3) is 5.91 Å². The van der Waals surface area contributed by atoms with Crippen molar-refractivity contribution in [3.05, 3.63) is 61.5 Å². The molecule has 2 saturated carbocycles. The van der Waals surface area contributed by atoms with Crippen LogP contribution in [0.5, 0.6) is 0 Å². The summed E-state index contributed by atoms with van der Waals surface area (Å²) >= 11 is 37.2. The van der Waals surface area contributed by atoms with Gasteiger partial charge in [-0.25, -0.2) is 0 Å². The standard InChI is InChI=1S/C22H15Cl6N3O2/c23-13-3-2-11(8-12(13)19(32)31-21(9-29)4-1-5-21)30-20(33)17-16(22(17,27)28)10-6-14(24)18(26)15(25)7-10/h2-3,6-8,16-17H,1,4-5H2,(H,30,33)(H,31,32)/t16-,17+/m0/s1. The van der Waals surface area contributed by atoms with Crippen LogP contribution in [-0.4, -0.2) is 21.7 Å². The number of hydrogen-bond donors (Lipinski definition) is 2. The Kier molecular flexibility index (Phi) is 6.74. The first-order valence-corrected chi connectivity index (χ1v) is 12.1. The van der Waals surface area contributed by atoms with Crippen LogP contribution in [0.1, 0.15) is 41.1 Å². The van der Waals surface area contributed by atoms with Crippen LogP contribution in [0.15, 0.2) is 30.3 Å². The molecule has 2 amide bonds. The number of nitriles is 1. The zero-order chi connectivity index (χ0) is 24.1. The molecule has 33 heavy (non-hydrogen) atoms. The molecular formula is C22H15Cl6N3O2. The molecule has 0 bridgehead atoms. The second-order valence-electron chi connectivity index (χ2n) is 8.11. The van der Waals surface area contributed by atoms with Crippen molar-refractivity contribution in [2.75, 3.05) is 5.32 Å². The van der Waals surface area contributed by atoms with Gasteiger partial charge in [0.15, 0.2) is 0 Å². The normalized spacial score (nSPS) is 22.0. The molecular weight excluding hydrogens is 551 g/mol. The van der Waals surface area contributed by atoms with Crippen LogP contribution in [-0.2, 0) is 4.79 Å². The van der Waals surface area contributed by atoms with Crippen LogP contribution in [0.4, 0.5) is 5.69 Å². The Balaban J connectivity index is 1.51. The predicted molar refractivity (Wildman–Crippen MR) is 132 cm³/mol. The molecule has 0 radical (unpaired) electrons. The summed E-state index contributed by atoms with van der Waals surface area (Å²) < 4.78 is -1.37. The van der Waals surface area contributed by atoms with E-state index in [1.807, 2.05) is 0 Å². The molecule has 0 saturated heterocycles. The zero-order valence-electron chi connectivity index (χ0n) is 16.7. The summed E-state index contributed by atoms with van der Waals surface area (Å²) in [5.74, 6) is -2.29. The first kappa shape index (κ1) is 24.7. The highest BCUT2D eigenvalue weighted by molar-refractivity contribution is 6.54. The molecule has 0 aromatic heterocycles. The zero-order valence-corrected chi connectivity index (χ0v) is 21.2. The molecule has 172 valence electrons. The minimum atomic E-state index is -1.37. The minimum Gasteiger partial charge on any atom is -0.334 e. The number of nitrogens with one attached hydrogen (secondary N) is 2. The maximum atomic E-state index is 13.0. The van der Waals surface area contributed by atoms with Gasteiger partial charge in [-0.15, -0.1) is 23.2 Å². The molecule has 0 unspecified atom stereocenters. The van der Waals surface area contributed by atoms with Crippen LogP contribution in [0.25, 0.3) is 0 Å². The smallest absolute Gasteiger partial charge is 0.254 e. The number of carbonyl (C=O) groups excluding carboxylic acids is 2. The van der Waals surface area contributed by atoms with Crippen molar-refractivity contribution < 1.29 is 9.59 Å². The third-order valence-electron chi connectivity index (χ3n) is 5.95. The van der Waals surface area contributed by atoms with Gasteiger partial charge in [0, 0.05) is 11.6 Å². The first-order chi connectivity index (χ1) is 15.5. The molecule has 5 nitrogen and oxygen atoms in total. The van der Waals surface area contributed by atoms with E-state index in [4.69, 9.17) is 69.6 Å². The molecule has 0 aliphatic heterocycles. The first-order valence-electron chi connectivity index (χ1n) is 9.85. The lowest BCUT2D eigenvalue weighted by atomic mass is 9.78. The van der Waals surface area contributed by atoms with Gasteiger partial charge in [-0.2, -0.15) is 5.26 Å². The third-order valence-corrected chi connectivity index (χ3v) is 8.42. The molecule has 2 aliphatic rings. The minimum absolute atomic E-state index is 0.141. The lowest BCUT2D eigenvalue weighted by molar-refractivity contribution is -0.117. The Morgan fingerprint density at radius 3 is 2.18 bits per heavy atom. The molecule has 2 atom stereocenters. The van der Waals surface area contributed by atoms with Gasteiger partial charge in [0.1, 0.15) is 9.87 Å². The van der Waals surface area contributed by atoms with Crippen molar-refractivity contribution in [1.82, 2.24) is 5.32 Å². The average molecular weight is 566 g/mol. The Labute approximate surface area is 220 Å². The predicted octanol–water partition coefficient (Wildman–Crippen LogP) is 7.00. The van der Waals surface area contributed by atoms with Gasteiger partial charge in [0.2, 0.25) is 5.91 Å². The number of hydrogen-bond acceptors (Lipinski definition) is 3. The molecule has 4 rings (SSSR count). The third kappa shape index (κ3) is 4.62.